The van der Waals surface area contributed by atoms with Gasteiger partial charge >= 0.3 is 0 Å². The van der Waals surface area contributed by atoms with Crippen LogP contribution in [0.25, 0.3) is 5.65 Å². The van der Waals surface area contributed by atoms with Gasteiger partial charge in [0.15, 0.2) is 5.65 Å². The van der Waals surface area contributed by atoms with Crippen LogP contribution in [-0.4, -0.2) is 39.6 Å². The largest absolute Gasteiger partial charge is 0.354 e. The van der Waals surface area contributed by atoms with E-state index in [4.69, 9.17) is 0 Å². The van der Waals surface area contributed by atoms with Crippen molar-refractivity contribution in [1.82, 2.24) is 19.9 Å². The quantitative estimate of drug-likeness (QED) is 0.921. The summed E-state index contributed by atoms with van der Waals surface area (Å²) in [4.78, 5) is 18.5. The molecule has 3 heterocycles. The summed E-state index contributed by atoms with van der Waals surface area (Å²) in [5.41, 5.74) is 0.858. The summed E-state index contributed by atoms with van der Waals surface area (Å²) in [7, 11) is 0. The van der Waals surface area contributed by atoms with Crippen LogP contribution < -0.4 is 10.2 Å². The lowest BCUT2D eigenvalue weighted by Crippen LogP contribution is -2.48. The molecular formula is C15H19N5O. The van der Waals surface area contributed by atoms with Gasteiger partial charge in [-0.3, -0.25) is 4.79 Å². The average Bonchev–Trinajstić information content (AvgIpc) is 3.25. The molecule has 2 aliphatic rings. The van der Waals surface area contributed by atoms with E-state index < -0.39 is 0 Å². The van der Waals surface area contributed by atoms with Crippen molar-refractivity contribution in [1.29, 1.82) is 0 Å². The van der Waals surface area contributed by atoms with Crippen LogP contribution in [-0.2, 0) is 4.79 Å². The number of carbonyl (C=O) groups is 1. The van der Waals surface area contributed by atoms with Crippen molar-refractivity contribution in [2.75, 3.05) is 18.0 Å². The SMILES string of the molecule is O=C(NC1CCCN(c2ccnc3ccnn23)C1)C1CC1. The number of anilines is 1. The molecule has 0 radical (unpaired) electrons. The van der Waals surface area contributed by atoms with E-state index in [1.165, 1.54) is 0 Å². The van der Waals surface area contributed by atoms with E-state index in [1.54, 1.807) is 6.20 Å². The molecule has 110 valence electrons. The molecule has 2 aromatic rings. The lowest BCUT2D eigenvalue weighted by atomic mass is 10.1. The minimum atomic E-state index is 0.237. The maximum Gasteiger partial charge on any atom is 0.223 e. The van der Waals surface area contributed by atoms with Gasteiger partial charge in [0.1, 0.15) is 5.82 Å². The Morgan fingerprint density at radius 2 is 2.14 bits per heavy atom. The van der Waals surface area contributed by atoms with Crippen LogP contribution in [0.3, 0.4) is 0 Å². The fourth-order valence-corrected chi connectivity index (χ4v) is 3.03. The van der Waals surface area contributed by atoms with E-state index in [0.29, 0.717) is 0 Å². The van der Waals surface area contributed by atoms with E-state index in [0.717, 1.165) is 50.2 Å². The highest BCUT2D eigenvalue weighted by Gasteiger charge is 2.32. The molecule has 6 nitrogen and oxygen atoms in total. The number of hydrogen-bond acceptors (Lipinski definition) is 4. The van der Waals surface area contributed by atoms with Gasteiger partial charge in [-0.05, 0) is 31.7 Å². The highest BCUT2D eigenvalue weighted by atomic mass is 16.2. The summed E-state index contributed by atoms with van der Waals surface area (Å²) in [5, 5.41) is 7.54. The van der Waals surface area contributed by atoms with Crippen molar-refractivity contribution in [2.24, 2.45) is 5.92 Å². The normalized spacial score (nSPS) is 22.5. The average molecular weight is 285 g/mol. The molecule has 0 spiro atoms. The van der Waals surface area contributed by atoms with E-state index >= 15 is 0 Å². The van der Waals surface area contributed by atoms with Crippen molar-refractivity contribution in [3.8, 4) is 0 Å². The fraction of sp³-hybridized carbons (Fsp3) is 0.533. The van der Waals surface area contributed by atoms with Gasteiger partial charge in [-0.25, -0.2) is 4.98 Å². The first kappa shape index (κ1) is 12.6. The minimum Gasteiger partial charge on any atom is -0.354 e. The van der Waals surface area contributed by atoms with Crippen molar-refractivity contribution < 1.29 is 4.79 Å². The molecule has 1 aliphatic heterocycles. The first-order valence-electron chi connectivity index (χ1n) is 7.65. The monoisotopic (exact) mass is 285 g/mol. The maximum atomic E-state index is 11.9. The Hall–Kier alpha value is -2.11. The Bertz CT molecular complexity index is 663. The lowest BCUT2D eigenvalue weighted by molar-refractivity contribution is -0.123. The zero-order valence-corrected chi connectivity index (χ0v) is 11.9. The van der Waals surface area contributed by atoms with Gasteiger partial charge in [-0.15, -0.1) is 0 Å². The number of nitrogens with one attached hydrogen (secondary N) is 1. The van der Waals surface area contributed by atoms with E-state index in [2.05, 4.69) is 20.3 Å². The summed E-state index contributed by atoms with van der Waals surface area (Å²) in [6, 6.07) is 4.14. The van der Waals surface area contributed by atoms with E-state index in [-0.39, 0.29) is 17.9 Å². The zero-order valence-electron chi connectivity index (χ0n) is 11.9. The summed E-state index contributed by atoms with van der Waals surface area (Å²) >= 11 is 0. The van der Waals surface area contributed by atoms with Crippen molar-refractivity contribution in [3.05, 3.63) is 24.5 Å². The van der Waals surface area contributed by atoms with Crippen LogP contribution in [0.2, 0.25) is 0 Å². The number of amides is 1. The highest BCUT2D eigenvalue weighted by Crippen LogP contribution is 2.29. The van der Waals surface area contributed by atoms with Crippen molar-refractivity contribution in [2.45, 2.75) is 31.7 Å². The Balaban J connectivity index is 1.52. The number of rotatable bonds is 3. The number of fused-ring (bicyclic) bond motifs is 1. The van der Waals surface area contributed by atoms with Crippen LogP contribution in [0, 0.1) is 5.92 Å². The number of hydrogen-bond donors (Lipinski definition) is 1. The number of nitrogens with zero attached hydrogens (tertiary/aromatic N) is 4. The Kier molecular flexibility index (Phi) is 3.02. The third-order valence-corrected chi connectivity index (χ3v) is 4.31. The second-order valence-electron chi connectivity index (χ2n) is 5.97. The molecule has 4 rings (SSSR count). The van der Waals surface area contributed by atoms with Gasteiger partial charge < -0.3 is 10.2 Å². The number of carbonyl (C=O) groups excluding carboxylic acids is 1. The maximum absolute atomic E-state index is 11.9. The topological polar surface area (TPSA) is 62.5 Å². The molecule has 1 unspecified atom stereocenters. The Labute approximate surface area is 123 Å². The van der Waals surface area contributed by atoms with Gasteiger partial charge in [0.2, 0.25) is 5.91 Å². The third kappa shape index (κ3) is 2.46. The summed E-state index contributed by atoms with van der Waals surface area (Å²) in [6.07, 6.45) is 7.84. The first-order chi connectivity index (χ1) is 10.3. The molecule has 2 aromatic heterocycles. The summed E-state index contributed by atoms with van der Waals surface area (Å²) in [5.74, 6) is 1.57. The predicted octanol–water partition coefficient (Wildman–Crippen LogP) is 1.22. The molecule has 0 aromatic carbocycles. The van der Waals surface area contributed by atoms with Crippen LogP contribution >= 0.6 is 0 Å². The molecular weight excluding hydrogens is 266 g/mol. The molecule has 21 heavy (non-hydrogen) atoms. The predicted molar refractivity (Wildman–Crippen MR) is 79.1 cm³/mol. The van der Waals surface area contributed by atoms with E-state index in [1.807, 2.05) is 22.8 Å². The molecule has 1 aliphatic carbocycles. The Morgan fingerprint density at radius 1 is 1.24 bits per heavy atom. The highest BCUT2D eigenvalue weighted by molar-refractivity contribution is 5.81. The zero-order chi connectivity index (χ0) is 14.2. The van der Waals surface area contributed by atoms with Crippen molar-refractivity contribution >= 4 is 17.4 Å². The van der Waals surface area contributed by atoms with Crippen LogP contribution in [0.4, 0.5) is 5.82 Å². The van der Waals surface area contributed by atoms with Crippen molar-refractivity contribution in [3.63, 3.8) is 0 Å². The molecule has 0 bridgehead atoms. The van der Waals surface area contributed by atoms with Crippen LogP contribution in [0.1, 0.15) is 25.7 Å². The van der Waals surface area contributed by atoms with Gasteiger partial charge in [0.05, 0.1) is 6.20 Å². The standard InChI is InChI=1S/C15H19N5O/c21-15(11-3-4-11)18-12-2-1-9-19(10-12)14-6-7-16-13-5-8-17-20(13)14/h5-8,11-12H,1-4,9-10H2,(H,18,21). The lowest BCUT2D eigenvalue weighted by Gasteiger charge is -2.34. The number of piperidine rings is 1. The molecule has 1 atom stereocenters. The number of aromatic nitrogens is 3. The molecule has 2 fully saturated rings. The molecule has 1 saturated carbocycles. The van der Waals surface area contributed by atoms with Crippen LogP contribution in [0.15, 0.2) is 24.5 Å². The Morgan fingerprint density at radius 3 is 3.00 bits per heavy atom. The molecule has 6 heteroatoms. The van der Waals surface area contributed by atoms with E-state index in [9.17, 15) is 4.79 Å². The van der Waals surface area contributed by atoms with Gasteiger partial charge in [-0.2, -0.15) is 9.61 Å². The third-order valence-electron chi connectivity index (χ3n) is 4.31. The second kappa shape index (κ2) is 5.02. The fourth-order valence-electron chi connectivity index (χ4n) is 3.03. The second-order valence-corrected chi connectivity index (χ2v) is 5.97. The first-order valence-corrected chi connectivity index (χ1v) is 7.65. The molecule has 1 saturated heterocycles. The van der Waals surface area contributed by atoms with Gasteiger partial charge in [-0.1, -0.05) is 0 Å². The van der Waals surface area contributed by atoms with Gasteiger partial charge in [0.25, 0.3) is 0 Å². The van der Waals surface area contributed by atoms with Gasteiger partial charge in [0, 0.05) is 37.3 Å². The smallest absolute Gasteiger partial charge is 0.223 e. The minimum absolute atomic E-state index is 0.237. The molecule has 1 N–H and O–H groups in total. The molecule has 1 amide bonds. The summed E-state index contributed by atoms with van der Waals surface area (Å²) in [6.45, 7) is 1.84. The van der Waals surface area contributed by atoms with Crippen LogP contribution in [0.5, 0.6) is 0 Å². The summed E-state index contributed by atoms with van der Waals surface area (Å²) < 4.78 is 1.87.